The number of urea groups is 1. The molecule has 1 aliphatic rings. The number of nitrogens with one attached hydrogen (secondary N) is 2. The van der Waals surface area contributed by atoms with Crippen LogP contribution in [0.25, 0.3) is 0 Å². The van der Waals surface area contributed by atoms with Crippen LogP contribution in [-0.4, -0.2) is 74.2 Å². The van der Waals surface area contributed by atoms with E-state index < -0.39 is 22.2 Å². The van der Waals surface area contributed by atoms with E-state index in [-0.39, 0.29) is 58.8 Å². The highest BCUT2D eigenvalue weighted by molar-refractivity contribution is 7.94. The van der Waals surface area contributed by atoms with E-state index >= 15 is 0 Å². The fourth-order valence-electron chi connectivity index (χ4n) is 4.22. The number of aliphatic hydroxyl groups is 1. The maximum Gasteiger partial charge on any atom is 0.321 e. The number of para-hydroxylation sites is 1. The second-order valence-electron chi connectivity index (χ2n) is 9.55. The van der Waals surface area contributed by atoms with Gasteiger partial charge in [0.05, 0.1) is 24.8 Å². The highest BCUT2D eigenvalue weighted by Gasteiger charge is 2.34. The molecule has 0 fully saturated rings. The van der Waals surface area contributed by atoms with Crippen LogP contribution in [0.1, 0.15) is 24.2 Å². The number of aliphatic hydroxyl groups excluding tert-OH is 1. The number of amides is 3. The average Bonchev–Trinajstić information content (AvgIpc) is 3.47. The highest BCUT2D eigenvalue weighted by atomic mass is 32.2. The third-order valence-corrected chi connectivity index (χ3v) is 9.28. The molecule has 1 aliphatic heterocycles. The largest absolute Gasteiger partial charge is 0.487 e. The molecule has 0 bridgehead atoms. The number of thiophene rings is 1. The number of hydrogen-bond donors (Lipinski definition) is 3. The monoisotopic (exact) mass is 572 g/mol. The highest BCUT2D eigenvalue weighted by Crippen LogP contribution is 2.32. The number of hydrogen-bond acceptors (Lipinski definition) is 7. The number of carbonyl (C=O) groups excluding carboxylic acids is 2. The Labute approximate surface area is 232 Å². The van der Waals surface area contributed by atoms with Crippen molar-refractivity contribution >= 4 is 44.7 Å². The summed E-state index contributed by atoms with van der Waals surface area (Å²) in [6, 6.07) is 16.0. The molecule has 208 valence electrons. The summed E-state index contributed by atoms with van der Waals surface area (Å²) in [7, 11) is -2.16. The zero-order valence-electron chi connectivity index (χ0n) is 21.9. The van der Waals surface area contributed by atoms with Crippen LogP contribution in [0.15, 0.2) is 70.3 Å². The molecule has 2 aromatic carbocycles. The molecule has 1 aromatic heterocycles. The molecule has 0 saturated carbocycles. The fraction of sp³-hybridized carbons (Fsp3) is 0.333. The van der Waals surface area contributed by atoms with E-state index in [0.29, 0.717) is 5.69 Å². The van der Waals surface area contributed by atoms with Gasteiger partial charge in [0, 0.05) is 30.9 Å². The Bertz CT molecular complexity index is 1400. The van der Waals surface area contributed by atoms with Gasteiger partial charge in [-0.2, -0.15) is 0 Å². The van der Waals surface area contributed by atoms with Gasteiger partial charge in [0.1, 0.15) is 16.1 Å². The molecule has 2 heterocycles. The van der Waals surface area contributed by atoms with Gasteiger partial charge in [-0.25, -0.2) is 13.2 Å². The summed E-state index contributed by atoms with van der Waals surface area (Å²) in [5, 5.41) is 14.4. The van der Waals surface area contributed by atoms with Crippen molar-refractivity contribution in [1.29, 1.82) is 0 Å². The molecule has 0 unspecified atom stereocenters. The normalized spacial score (nSPS) is 18.3. The van der Waals surface area contributed by atoms with Crippen molar-refractivity contribution in [2.75, 3.05) is 36.8 Å². The quantitative estimate of drug-likeness (QED) is 0.375. The zero-order chi connectivity index (χ0) is 28.2. The number of rotatable bonds is 8. The molecule has 12 heteroatoms. The second-order valence-corrected chi connectivity index (χ2v) is 12.4. The van der Waals surface area contributed by atoms with Gasteiger partial charge >= 0.3 is 6.03 Å². The molecule has 3 amide bonds. The lowest BCUT2D eigenvalue weighted by molar-refractivity contribution is 0.0371. The van der Waals surface area contributed by atoms with Gasteiger partial charge in [0.2, 0.25) is 0 Å². The van der Waals surface area contributed by atoms with E-state index in [1.807, 2.05) is 25.1 Å². The summed E-state index contributed by atoms with van der Waals surface area (Å²) in [6.07, 6.45) is -0.495. The lowest BCUT2D eigenvalue weighted by Crippen LogP contribution is -2.50. The maximum absolute atomic E-state index is 13.6. The van der Waals surface area contributed by atoms with E-state index in [2.05, 4.69) is 10.0 Å². The van der Waals surface area contributed by atoms with Crippen molar-refractivity contribution in [2.24, 2.45) is 5.92 Å². The Balaban J connectivity index is 1.61. The van der Waals surface area contributed by atoms with Gasteiger partial charge in [0.15, 0.2) is 0 Å². The van der Waals surface area contributed by atoms with Gasteiger partial charge in [-0.05, 0) is 48.7 Å². The summed E-state index contributed by atoms with van der Waals surface area (Å²) in [6.45, 7) is 3.91. The van der Waals surface area contributed by atoms with Gasteiger partial charge < -0.3 is 25.0 Å². The predicted molar refractivity (Wildman–Crippen MR) is 151 cm³/mol. The lowest BCUT2D eigenvalue weighted by atomic mass is 9.99. The van der Waals surface area contributed by atoms with E-state index in [1.54, 1.807) is 48.5 Å². The van der Waals surface area contributed by atoms with Crippen LogP contribution in [0.3, 0.4) is 0 Å². The molecule has 4 rings (SSSR count). The number of benzene rings is 2. The van der Waals surface area contributed by atoms with Crippen LogP contribution < -0.4 is 14.8 Å². The van der Waals surface area contributed by atoms with Crippen molar-refractivity contribution in [2.45, 2.75) is 30.2 Å². The van der Waals surface area contributed by atoms with Crippen molar-refractivity contribution in [3.05, 3.63) is 71.6 Å². The van der Waals surface area contributed by atoms with Gasteiger partial charge in [-0.1, -0.05) is 31.2 Å². The average molecular weight is 573 g/mol. The minimum atomic E-state index is -3.82. The number of likely N-dealkylation sites (N-methyl/N-ethyl adjacent to an activating group) is 1. The van der Waals surface area contributed by atoms with Crippen molar-refractivity contribution < 1.29 is 27.9 Å². The van der Waals surface area contributed by atoms with E-state index in [0.717, 1.165) is 11.3 Å². The standard InChI is InChI=1S/C27H32N4O6S2/c1-18-15-31(19(2)17-32)26(33)22-14-21(29-39(35,36)25-10-7-13-38-25)11-12-23(22)37-24(18)16-30(3)27(34)28-20-8-5-4-6-9-20/h4-14,18-19,24,29,32H,15-17H2,1-3H3,(H,28,34)/t18-,19-,24-/m1/s1. The Kier molecular flexibility index (Phi) is 8.78. The first-order chi connectivity index (χ1) is 18.6. The fourth-order valence-corrected chi connectivity index (χ4v) is 6.26. The molecule has 10 nitrogen and oxygen atoms in total. The number of nitrogens with zero attached hydrogens (tertiary/aromatic N) is 2. The molecule has 0 radical (unpaired) electrons. The van der Waals surface area contributed by atoms with E-state index in [1.165, 1.54) is 23.1 Å². The Hall–Kier alpha value is -3.61. The number of carbonyl (C=O) groups is 2. The minimum Gasteiger partial charge on any atom is -0.487 e. The molecule has 0 saturated heterocycles. The smallest absolute Gasteiger partial charge is 0.321 e. The molecule has 3 N–H and O–H groups in total. The Morgan fingerprint density at radius 2 is 1.92 bits per heavy atom. The number of sulfonamides is 1. The number of ether oxygens (including phenoxy) is 1. The third-order valence-electron chi connectivity index (χ3n) is 6.50. The summed E-state index contributed by atoms with van der Waals surface area (Å²) < 4.78 is 34.5. The first-order valence-electron chi connectivity index (χ1n) is 12.4. The summed E-state index contributed by atoms with van der Waals surface area (Å²) in [5.74, 6) is -0.313. The molecular weight excluding hydrogens is 540 g/mol. The van der Waals surface area contributed by atoms with Crippen molar-refractivity contribution in [1.82, 2.24) is 9.80 Å². The molecule has 3 atom stereocenters. The van der Waals surface area contributed by atoms with Crippen LogP contribution in [0.2, 0.25) is 0 Å². The van der Waals surface area contributed by atoms with Crippen LogP contribution >= 0.6 is 11.3 Å². The van der Waals surface area contributed by atoms with E-state index in [4.69, 9.17) is 4.74 Å². The summed E-state index contributed by atoms with van der Waals surface area (Å²) in [4.78, 5) is 29.5. The SMILES string of the molecule is C[C@@H]1CN([C@H](C)CO)C(=O)c2cc(NS(=O)(=O)c3cccs3)ccc2O[C@@H]1CN(C)C(=O)Nc1ccccc1. The topological polar surface area (TPSA) is 128 Å². The molecule has 0 aliphatic carbocycles. The van der Waals surface area contributed by atoms with E-state index in [9.17, 15) is 23.1 Å². The van der Waals surface area contributed by atoms with Gasteiger partial charge in [-0.15, -0.1) is 11.3 Å². The van der Waals surface area contributed by atoms with Crippen LogP contribution in [0.5, 0.6) is 5.75 Å². The van der Waals surface area contributed by atoms with Crippen LogP contribution in [0.4, 0.5) is 16.2 Å². The number of anilines is 2. The zero-order valence-corrected chi connectivity index (χ0v) is 23.5. The maximum atomic E-state index is 13.6. The first-order valence-corrected chi connectivity index (χ1v) is 14.8. The lowest BCUT2D eigenvalue weighted by Gasteiger charge is -2.38. The molecule has 0 spiro atoms. The van der Waals surface area contributed by atoms with Crippen LogP contribution in [-0.2, 0) is 10.0 Å². The van der Waals surface area contributed by atoms with Crippen molar-refractivity contribution in [3.63, 3.8) is 0 Å². The second kappa shape index (κ2) is 12.1. The molecular formula is C27H32N4O6S2. The Morgan fingerprint density at radius 1 is 1.18 bits per heavy atom. The van der Waals surface area contributed by atoms with Crippen molar-refractivity contribution in [3.8, 4) is 5.75 Å². The van der Waals surface area contributed by atoms with Crippen LogP contribution in [0, 0.1) is 5.92 Å². The molecule has 3 aromatic rings. The van der Waals surface area contributed by atoms with Gasteiger partial charge in [-0.3, -0.25) is 9.52 Å². The summed E-state index contributed by atoms with van der Waals surface area (Å²) in [5.41, 5.74) is 1.03. The third kappa shape index (κ3) is 6.70. The number of fused-ring (bicyclic) bond motifs is 1. The summed E-state index contributed by atoms with van der Waals surface area (Å²) >= 11 is 1.09. The predicted octanol–water partition coefficient (Wildman–Crippen LogP) is 3.93. The van der Waals surface area contributed by atoms with Gasteiger partial charge in [0.25, 0.3) is 15.9 Å². The first kappa shape index (κ1) is 28.4. The molecule has 39 heavy (non-hydrogen) atoms. The minimum absolute atomic E-state index is 0.151. The Morgan fingerprint density at radius 3 is 2.59 bits per heavy atom.